The topological polar surface area (TPSA) is 84.3 Å². The second-order valence-electron chi connectivity index (χ2n) is 4.62. The number of carboxylic acids is 1. The molecule has 0 aromatic carbocycles. The third-order valence-corrected chi connectivity index (χ3v) is 5.40. The molecular formula is C11H12BrNO4S. The van der Waals surface area contributed by atoms with E-state index in [9.17, 15) is 18.3 Å². The summed E-state index contributed by atoms with van der Waals surface area (Å²) >= 11 is 3.26. The number of nitrogens with zero attached hydrogens (tertiary/aromatic N) is 1. The van der Waals surface area contributed by atoms with E-state index in [1.54, 1.807) is 18.5 Å². The van der Waals surface area contributed by atoms with E-state index in [-0.39, 0.29) is 24.3 Å². The summed E-state index contributed by atoms with van der Waals surface area (Å²) < 4.78 is 23.8. The number of aliphatic carboxylic acids is 1. The lowest BCUT2D eigenvalue weighted by Crippen LogP contribution is -2.34. The third kappa shape index (κ3) is 2.72. The van der Waals surface area contributed by atoms with Crippen LogP contribution in [0.3, 0.4) is 0 Å². The zero-order valence-electron chi connectivity index (χ0n) is 9.47. The second-order valence-corrected chi connectivity index (χ2v) is 7.72. The van der Waals surface area contributed by atoms with Crippen LogP contribution in [0.5, 0.6) is 0 Å². The molecule has 1 aromatic heterocycles. The maximum absolute atomic E-state index is 11.5. The van der Waals surface area contributed by atoms with Crippen LogP contribution in [0.15, 0.2) is 22.9 Å². The highest BCUT2D eigenvalue weighted by Gasteiger charge is 2.48. The van der Waals surface area contributed by atoms with Gasteiger partial charge in [-0.2, -0.15) is 0 Å². The van der Waals surface area contributed by atoms with E-state index >= 15 is 0 Å². The summed E-state index contributed by atoms with van der Waals surface area (Å²) in [7, 11) is -3.24. The Balaban J connectivity index is 2.31. The first-order valence-electron chi connectivity index (χ1n) is 5.36. The molecule has 0 saturated carbocycles. The number of hydrogen-bond donors (Lipinski definition) is 1. The van der Waals surface area contributed by atoms with Gasteiger partial charge in [0.25, 0.3) is 0 Å². The molecular weight excluding hydrogens is 322 g/mol. The fourth-order valence-electron chi connectivity index (χ4n) is 2.24. The van der Waals surface area contributed by atoms with Crippen molar-refractivity contribution in [1.82, 2.24) is 4.98 Å². The Bertz CT molecular complexity index is 586. The Morgan fingerprint density at radius 3 is 2.72 bits per heavy atom. The molecule has 0 radical (unpaired) electrons. The molecule has 18 heavy (non-hydrogen) atoms. The van der Waals surface area contributed by atoms with Crippen LogP contribution >= 0.6 is 15.9 Å². The Morgan fingerprint density at radius 2 is 2.22 bits per heavy atom. The van der Waals surface area contributed by atoms with Crippen molar-refractivity contribution in [2.24, 2.45) is 5.41 Å². The Labute approximate surface area is 113 Å². The molecule has 7 heteroatoms. The van der Waals surface area contributed by atoms with Crippen molar-refractivity contribution in [1.29, 1.82) is 0 Å². The van der Waals surface area contributed by atoms with Gasteiger partial charge < -0.3 is 5.11 Å². The summed E-state index contributed by atoms with van der Waals surface area (Å²) in [6.45, 7) is 0. The molecule has 0 aliphatic carbocycles. The fraction of sp³-hybridized carbons (Fsp3) is 0.455. The number of carbonyl (C=O) groups is 1. The van der Waals surface area contributed by atoms with Crippen LogP contribution < -0.4 is 0 Å². The van der Waals surface area contributed by atoms with Crippen LogP contribution in [0.1, 0.15) is 12.0 Å². The standard InChI is InChI=1S/C11H12BrNO4S/c12-9-3-8(5-13-6-9)4-11(10(14)15)1-2-18(16,17)7-11/h3,5-6H,1-2,4,7H2,(H,14,15). The number of halogens is 1. The maximum atomic E-state index is 11.5. The Hall–Kier alpha value is -0.950. The summed E-state index contributed by atoms with van der Waals surface area (Å²) in [5.41, 5.74) is -0.481. The molecule has 98 valence electrons. The van der Waals surface area contributed by atoms with Gasteiger partial charge in [0.2, 0.25) is 0 Å². The predicted octanol–water partition coefficient (Wildman–Crippen LogP) is 1.28. The van der Waals surface area contributed by atoms with Gasteiger partial charge in [0.05, 0.1) is 16.9 Å². The molecule has 1 atom stereocenters. The molecule has 0 spiro atoms. The van der Waals surface area contributed by atoms with Gasteiger partial charge in [-0.1, -0.05) is 0 Å². The molecule has 1 saturated heterocycles. The Morgan fingerprint density at radius 1 is 1.50 bits per heavy atom. The van der Waals surface area contributed by atoms with Crippen molar-refractivity contribution in [3.8, 4) is 0 Å². The number of carboxylic acid groups (broad SMARTS) is 1. The molecule has 0 bridgehead atoms. The van der Waals surface area contributed by atoms with Gasteiger partial charge in [-0.3, -0.25) is 9.78 Å². The highest BCUT2D eigenvalue weighted by atomic mass is 79.9. The number of rotatable bonds is 3. The van der Waals surface area contributed by atoms with Crippen molar-refractivity contribution in [3.05, 3.63) is 28.5 Å². The van der Waals surface area contributed by atoms with E-state index in [2.05, 4.69) is 20.9 Å². The van der Waals surface area contributed by atoms with E-state index in [4.69, 9.17) is 0 Å². The summed E-state index contributed by atoms with van der Waals surface area (Å²) in [6, 6.07) is 1.77. The van der Waals surface area contributed by atoms with E-state index in [1.165, 1.54) is 0 Å². The first-order chi connectivity index (χ1) is 8.33. The molecule has 2 rings (SSSR count). The lowest BCUT2D eigenvalue weighted by molar-refractivity contribution is -0.147. The maximum Gasteiger partial charge on any atom is 0.311 e. The average Bonchev–Trinajstić information content (AvgIpc) is 2.55. The van der Waals surface area contributed by atoms with Crippen LogP contribution in [-0.4, -0.2) is 36.0 Å². The van der Waals surface area contributed by atoms with Crippen LogP contribution in [0.4, 0.5) is 0 Å². The van der Waals surface area contributed by atoms with Crippen molar-refractivity contribution in [2.45, 2.75) is 12.8 Å². The second kappa shape index (κ2) is 4.62. The van der Waals surface area contributed by atoms with Crippen molar-refractivity contribution in [3.63, 3.8) is 0 Å². The van der Waals surface area contributed by atoms with Crippen molar-refractivity contribution < 1.29 is 18.3 Å². The van der Waals surface area contributed by atoms with Crippen molar-refractivity contribution >= 4 is 31.7 Å². The fourth-order valence-corrected chi connectivity index (χ4v) is 4.71. The predicted molar refractivity (Wildman–Crippen MR) is 69.0 cm³/mol. The van der Waals surface area contributed by atoms with E-state index < -0.39 is 21.2 Å². The first kappa shape index (κ1) is 13.5. The number of pyridine rings is 1. The van der Waals surface area contributed by atoms with Gasteiger partial charge in [-0.05, 0) is 40.4 Å². The van der Waals surface area contributed by atoms with E-state index in [1.807, 2.05) is 0 Å². The van der Waals surface area contributed by atoms with Gasteiger partial charge in [-0.15, -0.1) is 0 Å². The van der Waals surface area contributed by atoms with Gasteiger partial charge in [0.15, 0.2) is 9.84 Å². The zero-order chi connectivity index (χ0) is 13.4. The number of hydrogen-bond acceptors (Lipinski definition) is 4. The van der Waals surface area contributed by atoms with Crippen molar-refractivity contribution in [2.75, 3.05) is 11.5 Å². The smallest absolute Gasteiger partial charge is 0.311 e. The minimum absolute atomic E-state index is 0.0548. The molecule has 1 N–H and O–H groups in total. The lowest BCUT2D eigenvalue weighted by atomic mass is 9.82. The summed E-state index contributed by atoms with van der Waals surface area (Å²) in [5.74, 6) is -1.40. The molecule has 2 heterocycles. The molecule has 1 aliphatic rings. The monoisotopic (exact) mass is 333 g/mol. The van der Waals surface area contributed by atoms with E-state index in [0.717, 1.165) is 10.0 Å². The SMILES string of the molecule is O=C(O)C1(Cc2cncc(Br)c2)CCS(=O)(=O)C1. The molecule has 1 unspecified atom stereocenters. The van der Waals surface area contributed by atoms with Crippen LogP contribution in [0, 0.1) is 5.41 Å². The third-order valence-electron chi connectivity index (χ3n) is 3.15. The zero-order valence-corrected chi connectivity index (χ0v) is 11.9. The summed E-state index contributed by atoms with van der Waals surface area (Å²) in [6.07, 6.45) is 3.52. The van der Waals surface area contributed by atoms with Gasteiger partial charge in [0.1, 0.15) is 0 Å². The van der Waals surface area contributed by atoms with Crippen LogP contribution in [-0.2, 0) is 21.1 Å². The number of aromatic nitrogens is 1. The summed E-state index contributed by atoms with van der Waals surface area (Å²) in [5, 5.41) is 9.33. The van der Waals surface area contributed by atoms with Crippen LogP contribution in [0.2, 0.25) is 0 Å². The van der Waals surface area contributed by atoms with Gasteiger partial charge >= 0.3 is 5.97 Å². The number of sulfone groups is 1. The highest BCUT2D eigenvalue weighted by molar-refractivity contribution is 9.10. The van der Waals surface area contributed by atoms with E-state index in [0.29, 0.717) is 0 Å². The molecule has 0 amide bonds. The average molecular weight is 334 g/mol. The normalized spacial score (nSPS) is 26.1. The Kier molecular flexibility index (Phi) is 3.46. The largest absolute Gasteiger partial charge is 0.481 e. The van der Waals surface area contributed by atoms with Gasteiger partial charge in [0, 0.05) is 16.9 Å². The minimum Gasteiger partial charge on any atom is -0.481 e. The molecule has 1 aromatic rings. The molecule has 1 fully saturated rings. The highest BCUT2D eigenvalue weighted by Crippen LogP contribution is 2.36. The molecule has 5 nitrogen and oxygen atoms in total. The first-order valence-corrected chi connectivity index (χ1v) is 7.98. The quantitative estimate of drug-likeness (QED) is 0.900. The van der Waals surface area contributed by atoms with Crippen LogP contribution in [0.25, 0.3) is 0 Å². The van der Waals surface area contributed by atoms with Gasteiger partial charge in [-0.25, -0.2) is 8.42 Å². The lowest BCUT2D eigenvalue weighted by Gasteiger charge is -2.22. The molecule has 1 aliphatic heterocycles. The minimum atomic E-state index is -3.24. The summed E-state index contributed by atoms with van der Waals surface area (Å²) in [4.78, 5) is 15.4.